The van der Waals surface area contributed by atoms with E-state index in [1.165, 1.54) is 24.8 Å². The summed E-state index contributed by atoms with van der Waals surface area (Å²) in [5, 5.41) is 34.6. The number of aliphatic carboxylic acids is 2. The molecule has 52 heavy (non-hydrogen) atoms. The number of amides is 2. The van der Waals surface area contributed by atoms with Crippen molar-refractivity contribution in [1.29, 1.82) is 0 Å². The quantitative estimate of drug-likeness (QED) is 0.0907. The number of rotatable bonds is 13. The molecule has 0 saturated heterocycles. The van der Waals surface area contributed by atoms with Crippen LogP contribution in [0.1, 0.15) is 49.7 Å². The summed E-state index contributed by atoms with van der Waals surface area (Å²) in [6.07, 6.45) is -2.29. The number of phenolic OH excluding ortho intramolecular Hbond substituents is 1. The molecule has 19 heteroatoms. The SMILES string of the molecule is O=C(O)C(F)(F)F.O=C(O)C(F)(F)F.O=C1COc2c(CCNCCN(C(=O)CCNCCc3ccc(Cl)cc3)C3CCCCC3)ccc(O)c2N1. The fraction of sp³-hybridized carbons (Fsp3) is 0.515. The molecular weight excluding hydrogens is 730 g/mol. The fourth-order valence-electron chi connectivity index (χ4n) is 5.21. The maximum Gasteiger partial charge on any atom is 0.490 e. The molecular formula is C33H41ClF6N4O8. The van der Waals surface area contributed by atoms with Gasteiger partial charge in [0.2, 0.25) is 5.91 Å². The predicted octanol–water partition coefficient (Wildman–Crippen LogP) is 5.16. The van der Waals surface area contributed by atoms with Crippen LogP contribution in [0.4, 0.5) is 32.0 Å². The minimum atomic E-state index is -5.08. The number of nitrogens with zero attached hydrogens (tertiary/aromatic N) is 1. The van der Waals surface area contributed by atoms with Crippen LogP contribution in [0.3, 0.4) is 0 Å². The Morgan fingerprint density at radius 3 is 1.98 bits per heavy atom. The number of anilines is 1. The first-order valence-electron chi connectivity index (χ1n) is 16.2. The van der Waals surface area contributed by atoms with E-state index < -0.39 is 24.3 Å². The molecule has 1 heterocycles. The zero-order valence-electron chi connectivity index (χ0n) is 27.9. The van der Waals surface area contributed by atoms with E-state index in [1.54, 1.807) is 6.07 Å². The first-order chi connectivity index (χ1) is 24.4. The number of ether oxygens (including phenoxy) is 1. The molecule has 0 unspecified atom stereocenters. The Morgan fingerprint density at radius 2 is 1.40 bits per heavy atom. The molecule has 1 saturated carbocycles. The van der Waals surface area contributed by atoms with Crippen molar-refractivity contribution in [1.82, 2.24) is 15.5 Å². The fourth-order valence-corrected chi connectivity index (χ4v) is 5.34. The lowest BCUT2D eigenvalue weighted by molar-refractivity contribution is -0.193. The number of halogens is 7. The molecule has 2 amide bonds. The van der Waals surface area contributed by atoms with Crippen molar-refractivity contribution in [2.45, 2.75) is 69.8 Å². The minimum absolute atomic E-state index is 0.00543. The number of carbonyl (C=O) groups is 4. The van der Waals surface area contributed by atoms with Gasteiger partial charge in [0, 0.05) is 37.1 Å². The second kappa shape index (κ2) is 21.3. The molecule has 290 valence electrons. The van der Waals surface area contributed by atoms with Crippen LogP contribution in [0.2, 0.25) is 5.02 Å². The van der Waals surface area contributed by atoms with Crippen molar-refractivity contribution < 1.29 is 65.6 Å². The van der Waals surface area contributed by atoms with E-state index in [0.29, 0.717) is 56.5 Å². The lowest BCUT2D eigenvalue weighted by Gasteiger charge is -2.34. The van der Waals surface area contributed by atoms with Gasteiger partial charge in [-0.2, -0.15) is 26.3 Å². The van der Waals surface area contributed by atoms with Crippen molar-refractivity contribution >= 4 is 41.0 Å². The van der Waals surface area contributed by atoms with Gasteiger partial charge in [-0.3, -0.25) is 9.59 Å². The van der Waals surface area contributed by atoms with Crippen molar-refractivity contribution in [3.8, 4) is 11.5 Å². The molecule has 4 rings (SSSR count). The minimum Gasteiger partial charge on any atom is -0.506 e. The highest BCUT2D eigenvalue weighted by atomic mass is 35.5. The predicted molar refractivity (Wildman–Crippen MR) is 177 cm³/mol. The second-order valence-corrected chi connectivity index (χ2v) is 12.1. The van der Waals surface area contributed by atoms with E-state index in [-0.39, 0.29) is 24.2 Å². The summed E-state index contributed by atoms with van der Waals surface area (Å²) in [5.74, 6) is -5.03. The third-order valence-electron chi connectivity index (χ3n) is 7.77. The Balaban J connectivity index is 0.000000564. The summed E-state index contributed by atoms with van der Waals surface area (Å²) >= 11 is 5.95. The van der Waals surface area contributed by atoms with Crippen LogP contribution in [0.15, 0.2) is 36.4 Å². The molecule has 0 spiro atoms. The molecule has 2 aromatic rings. The number of fused-ring (bicyclic) bond motifs is 1. The molecule has 1 fully saturated rings. The molecule has 12 nitrogen and oxygen atoms in total. The first kappa shape index (κ1) is 43.9. The Labute approximate surface area is 300 Å². The lowest BCUT2D eigenvalue weighted by Crippen LogP contribution is -2.45. The van der Waals surface area contributed by atoms with Crippen LogP contribution in [0, 0.1) is 0 Å². The zero-order chi connectivity index (χ0) is 38.9. The zero-order valence-corrected chi connectivity index (χ0v) is 28.7. The number of nitrogens with one attached hydrogen (secondary N) is 3. The maximum absolute atomic E-state index is 13.2. The van der Waals surface area contributed by atoms with E-state index in [1.807, 2.05) is 30.3 Å². The molecule has 0 aromatic heterocycles. The Morgan fingerprint density at radius 1 is 0.846 bits per heavy atom. The van der Waals surface area contributed by atoms with Crippen LogP contribution < -0.4 is 20.7 Å². The van der Waals surface area contributed by atoms with Crippen LogP contribution in [0.5, 0.6) is 11.5 Å². The molecule has 1 aliphatic heterocycles. The number of aromatic hydroxyl groups is 1. The Kier molecular flexibility index (Phi) is 18.0. The molecule has 0 atom stereocenters. The van der Waals surface area contributed by atoms with Crippen molar-refractivity contribution in [2.24, 2.45) is 0 Å². The monoisotopic (exact) mass is 770 g/mol. The Bertz CT molecular complexity index is 1450. The van der Waals surface area contributed by atoms with Gasteiger partial charge < -0.3 is 40.9 Å². The van der Waals surface area contributed by atoms with E-state index in [0.717, 1.165) is 36.4 Å². The molecule has 0 bridgehead atoms. The van der Waals surface area contributed by atoms with Crippen molar-refractivity contribution in [3.05, 3.63) is 52.5 Å². The number of carboxylic acid groups (broad SMARTS) is 2. The van der Waals surface area contributed by atoms with Crippen molar-refractivity contribution in [2.75, 3.05) is 44.6 Å². The van der Waals surface area contributed by atoms with E-state index in [2.05, 4.69) is 20.9 Å². The first-order valence-corrected chi connectivity index (χ1v) is 16.6. The van der Waals surface area contributed by atoms with Gasteiger partial charge in [-0.1, -0.05) is 49.1 Å². The second-order valence-electron chi connectivity index (χ2n) is 11.6. The number of alkyl halides is 6. The highest BCUT2D eigenvalue weighted by molar-refractivity contribution is 6.30. The standard InChI is InChI=1S/C29H39ClN4O4.2C2HF3O2/c30-23-9-6-21(7-10-23)12-15-31-17-14-27(37)34(24-4-2-1-3-5-24)19-18-32-16-13-22-8-11-25(35)28-29(22)38-20-26(36)33-28;2*3-2(4,5)1(6)7/h6-11,24,31-32,35H,1-5,12-20H2,(H,33,36);2*(H,6,7). The number of phenols is 1. The van der Waals surface area contributed by atoms with E-state index in [9.17, 15) is 41.0 Å². The number of carbonyl (C=O) groups excluding carboxylic acids is 2. The summed E-state index contributed by atoms with van der Waals surface area (Å²) in [5.41, 5.74) is 2.50. The average molecular weight is 771 g/mol. The molecule has 6 N–H and O–H groups in total. The highest BCUT2D eigenvalue weighted by Crippen LogP contribution is 2.39. The maximum atomic E-state index is 13.2. The molecule has 2 aliphatic rings. The van der Waals surface area contributed by atoms with E-state index in [4.69, 9.17) is 36.1 Å². The largest absolute Gasteiger partial charge is 0.506 e. The number of benzene rings is 2. The summed E-state index contributed by atoms with van der Waals surface area (Å²) in [7, 11) is 0. The average Bonchev–Trinajstić information content (AvgIpc) is 3.08. The van der Waals surface area contributed by atoms with Gasteiger partial charge in [0.25, 0.3) is 5.91 Å². The van der Waals surface area contributed by atoms with Crippen LogP contribution in [-0.4, -0.2) is 102 Å². The normalized spacial score (nSPS) is 14.3. The summed E-state index contributed by atoms with van der Waals surface area (Å²) < 4.78 is 69.0. The van der Waals surface area contributed by atoms with Crippen LogP contribution >= 0.6 is 11.6 Å². The van der Waals surface area contributed by atoms with E-state index >= 15 is 0 Å². The molecule has 1 aliphatic carbocycles. The van der Waals surface area contributed by atoms with Gasteiger partial charge in [-0.15, -0.1) is 0 Å². The summed E-state index contributed by atoms with van der Waals surface area (Å²) in [6.45, 7) is 3.55. The third kappa shape index (κ3) is 15.9. The topological polar surface area (TPSA) is 178 Å². The van der Waals surface area contributed by atoms with Gasteiger partial charge in [-0.25, -0.2) is 9.59 Å². The number of hydrogen-bond acceptors (Lipinski definition) is 8. The van der Waals surface area contributed by atoms with Gasteiger partial charge >= 0.3 is 24.3 Å². The molecule has 0 radical (unpaired) electrons. The highest BCUT2D eigenvalue weighted by Gasteiger charge is 2.39. The molecule has 2 aromatic carbocycles. The third-order valence-corrected chi connectivity index (χ3v) is 8.02. The van der Waals surface area contributed by atoms with Crippen molar-refractivity contribution in [3.63, 3.8) is 0 Å². The van der Waals surface area contributed by atoms with Gasteiger partial charge in [0.1, 0.15) is 11.4 Å². The van der Waals surface area contributed by atoms with Gasteiger partial charge in [-0.05, 0) is 68.1 Å². The lowest BCUT2D eigenvalue weighted by atomic mass is 9.94. The Hall–Kier alpha value is -4.29. The van der Waals surface area contributed by atoms with Gasteiger partial charge in [0.15, 0.2) is 12.4 Å². The van der Waals surface area contributed by atoms with Crippen LogP contribution in [-0.2, 0) is 32.0 Å². The summed E-state index contributed by atoms with van der Waals surface area (Å²) in [4.78, 5) is 44.7. The van der Waals surface area contributed by atoms with Gasteiger partial charge in [0.05, 0.1) is 0 Å². The summed E-state index contributed by atoms with van der Waals surface area (Å²) in [6, 6.07) is 11.6. The number of carboxylic acids is 2. The number of hydrogen-bond donors (Lipinski definition) is 6. The van der Waals surface area contributed by atoms with Crippen LogP contribution in [0.25, 0.3) is 0 Å². The smallest absolute Gasteiger partial charge is 0.490 e.